The van der Waals surface area contributed by atoms with Gasteiger partial charge in [0.05, 0.1) is 0 Å². The number of para-hydroxylation sites is 1. The molecule has 2 heterocycles. The molecule has 0 fully saturated rings. The van der Waals surface area contributed by atoms with Gasteiger partial charge in [-0.2, -0.15) is 0 Å². The Kier molecular flexibility index (Phi) is 3.95. The van der Waals surface area contributed by atoms with Gasteiger partial charge < -0.3 is 9.30 Å². The molecule has 0 radical (unpaired) electrons. The quantitative estimate of drug-likeness (QED) is 0.665. The van der Waals surface area contributed by atoms with Gasteiger partial charge in [-0.1, -0.05) is 12.1 Å². The number of nitrogens with zero attached hydrogens (tertiary/aromatic N) is 2. The molecular formula is C14H18N4OS. The molecule has 1 aliphatic rings. The van der Waals surface area contributed by atoms with E-state index in [1.807, 2.05) is 24.4 Å². The van der Waals surface area contributed by atoms with E-state index in [9.17, 15) is 0 Å². The first-order chi connectivity index (χ1) is 9.83. The van der Waals surface area contributed by atoms with Crippen LogP contribution in [0, 0.1) is 0 Å². The number of hydrogen-bond acceptors (Lipinski definition) is 5. The van der Waals surface area contributed by atoms with Gasteiger partial charge in [0.25, 0.3) is 0 Å². The van der Waals surface area contributed by atoms with Crippen molar-refractivity contribution >= 4 is 11.8 Å². The van der Waals surface area contributed by atoms with Crippen LogP contribution < -0.4 is 16.0 Å². The van der Waals surface area contributed by atoms with E-state index in [1.165, 1.54) is 4.90 Å². The maximum atomic E-state index is 6.09. The minimum Gasteiger partial charge on any atom is -0.486 e. The number of aryl methyl sites for hydroxylation is 1. The van der Waals surface area contributed by atoms with Crippen molar-refractivity contribution in [1.29, 1.82) is 0 Å². The first-order valence-corrected chi connectivity index (χ1v) is 7.67. The summed E-state index contributed by atoms with van der Waals surface area (Å²) >= 11 is 1.79. The molecule has 2 unspecified atom stereocenters. The van der Waals surface area contributed by atoms with Gasteiger partial charge in [-0.25, -0.2) is 10.4 Å². The van der Waals surface area contributed by atoms with Gasteiger partial charge in [0.15, 0.2) is 0 Å². The number of nitrogens with one attached hydrogen (secondary N) is 1. The summed E-state index contributed by atoms with van der Waals surface area (Å²) in [6.07, 6.45) is 3.73. The zero-order chi connectivity index (χ0) is 13.9. The summed E-state index contributed by atoms with van der Waals surface area (Å²) in [7, 11) is 0. The molecule has 3 N–H and O–H groups in total. The van der Waals surface area contributed by atoms with Crippen molar-refractivity contribution in [1.82, 2.24) is 15.0 Å². The molecule has 1 aromatic carbocycles. The van der Waals surface area contributed by atoms with Gasteiger partial charge in [-0.15, -0.1) is 11.8 Å². The SMILES string of the molecule is CCn1ccnc1C(NN)C1CSc2ccccc2O1. The van der Waals surface area contributed by atoms with E-state index in [2.05, 4.69) is 28.0 Å². The van der Waals surface area contributed by atoms with Crippen LogP contribution in [0.1, 0.15) is 18.8 Å². The molecule has 5 nitrogen and oxygen atoms in total. The number of rotatable bonds is 4. The highest BCUT2D eigenvalue weighted by Gasteiger charge is 2.31. The molecule has 2 aromatic rings. The molecule has 1 aliphatic heterocycles. The smallest absolute Gasteiger partial charge is 0.133 e. The number of aromatic nitrogens is 2. The van der Waals surface area contributed by atoms with Crippen LogP contribution in [0.5, 0.6) is 5.75 Å². The fourth-order valence-corrected chi connectivity index (χ4v) is 3.45. The van der Waals surface area contributed by atoms with Crippen LogP contribution in [0.25, 0.3) is 0 Å². The molecular weight excluding hydrogens is 272 g/mol. The number of ether oxygens (including phenoxy) is 1. The lowest BCUT2D eigenvalue weighted by Gasteiger charge is -2.31. The molecule has 0 spiro atoms. The maximum Gasteiger partial charge on any atom is 0.133 e. The fraction of sp³-hybridized carbons (Fsp3) is 0.357. The Labute approximate surface area is 122 Å². The average molecular weight is 290 g/mol. The van der Waals surface area contributed by atoms with Crippen molar-refractivity contribution in [3.8, 4) is 5.75 Å². The number of thioether (sulfide) groups is 1. The topological polar surface area (TPSA) is 65.1 Å². The van der Waals surface area contributed by atoms with E-state index in [1.54, 1.807) is 18.0 Å². The molecule has 2 atom stereocenters. The van der Waals surface area contributed by atoms with Gasteiger partial charge in [0.2, 0.25) is 0 Å². The van der Waals surface area contributed by atoms with Crippen LogP contribution in [0.2, 0.25) is 0 Å². The second-order valence-electron chi connectivity index (χ2n) is 4.63. The molecule has 0 bridgehead atoms. The largest absolute Gasteiger partial charge is 0.486 e. The summed E-state index contributed by atoms with van der Waals surface area (Å²) in [4.78, 5) is 5.60. The predicted molar refractivity (Wildman–Crippen MR) is 79.5 cm³/mol. The van der Waals surface area contributed by atoms with Crippen molar-refractivity contribution in [2.45, 2.75) is 30.5 Å². The molecule has 106 valence electrons. The highest BCUT2D eigenvalue weighted by molar-refractivity contribution is 7.99. The molecule has 1 aromatic heterocycles. The van der Waals surface area contributed by atoms with E-state index in [4.69, 9.17) is 10.6 Å². The van der Waals surface area contributed by atoms with Gasteiger partial charge in [-0.3, -0.25) is 5.84 Å². The Balaban J connectivity index is 1.85. The van der Waals surface area contributed by atoms with Crippen molar-refractivity contribution < 1.29 is 4.74 Å². The van der Waals surface area contributed by atoms with Gasteiger partial charge in [0, 0.05) is 29.6 Å². The minimum absolute atomic E-state index is 0.0346. The van der Waals surface area contributed by atoms with Gasteiger partial charge in [-0.05, 0) is 19.1 Å². The first-order valence-electron chi connectivity index (χ1n) is 6.69. The normalized spacial score (nSPS) is 19.2. The number of nitrogens with two attached hydrogens (primary N) is 1. The summed E-state index contributed by atoms with van der Waals surface area (Å²) < 4.78 is 8.17. The lowest BCUT2D eigenvalue weighted by Crippen LogP contribution is -2.43. The van der Waals surface area contributed by atoms with Crippen LogP contribution >= 0.6 is 11.8 Å². The van der Waals surface area contributed by atoms with E-state index < -0.39 is 0 Å². The molecule has 3 rings (SSSR count). The van der Waals surface area contributed by atoms with Crippen LogP contribution in [0.3, 0.4) is 0 Å². The number of fused-ring (bicyclic) bond motifs is 1. The lowest BCUT2D eigenvalue weighted by molar-refractivity contribution is 0.160. The van der Waals surface area contributed by atoms with E-state index >= 15 is 0 Å². The Hall–Kier alpha value is -1.50. The zero-order valence-corrected chi connectivity index (χ0v) is 12.1. The summed E-state index contributed by atoms with van der Waals surface area (Å²) in [5.74, 6) is 8.43. The Bertz CT molecular complexity index is 586. The van der Waals surface area contributed by atoms with Crippen LogP contribution in [-0.4, -0.2) is 21.4 Å². The third kappa shape index (κ3) is 2.42. The predicted octanol–water partition coefficient (Wildman–Crippen LogP) is 1.96. The first kappa shape index (κ1) is 13.5. The van der Waals surface area contributed by atoms with Crippen LogP contribution in [-0.2, 0) is 6.54 Å². The van der Waals surface area contributed by atoms with E-state index in [0.717, 1.165) is 23.9 Å². The molecule has 6 heteroatoms. The summed E-state index contributed by atoms with van der Waals surface area (Å²) in [5, 5.41) is 0. The molecule has 0 saturated heterocycles. The third-order valence-electron chi connectivity index (χ3n) is 3.45. The fourth-order valence-electron chi connectivity index (χ4n) is 2.42. The second-order valence-corrected chi connectivity index (χ2v) is 5.69. The highest BCUT2D eigenvalue weighted by atomic mass is 32.2. The van der Waals surface area contributed by atoms with Crippen LogP contribution in [0.4, 0.5) is 0 Å². The summed E-state index contributed by atoms with van der Waals surface area (Å²) in [5.41, 5.74) is 2.86. The van der Waals surface area contributed by atoms with Crippen LogP contribution in [0.15, 0.2) is 41.6 Å². The zero-order valence-electron chi connectivity index (χ0n) is 11.3. The molecule has 0 saturated carbocycles. The molecule has 0 aliphatic carbocycles. The minimum atomic E-state index is -0.120. The Morgan fingerprint density at radius 2 is 2.40 bits per heavy atom. The number of benzene rings is 1. The third-order valence-corrected chi connectivity index (χ3v) is 4.59. The van der Waals surface area contributed by atoms with Crippen molar-refractivity contribution in [3.05, 3.63) is 42.5 Å². The van der Waals surface area contributed by atoms with E-state index in [-0.39, 0.29) is 12.1 Å². The summed E-state index contributed by atoms with van der Waals surface area (Å²) in [6.45, 7) is 2.95. The van der Waals surface area contributed by atoms with Crippen molar-refractivity contribution in [2.24, 2.45) is 5.84 Å². The lowest BCUT2D eigenvalue weighted by atomic mass is 10.1. The average Bonchev–Trinajstić information content (AvgIpc) is 2.96. The molecule has 0 amide bonds. The summed E-state index contributed by atoms with van der Waals surface area (Å²) in [6, 6.07) is 7.96. The second kappa shape index (κ2) is 5.87. The van der Waals surface area contributed by atoms with Crippen molar-refractivity contribution in [2.75, 3.05) is 5.75 Å². The van der Waals surface area contributed by atoms with Gasteiger partial charge in [0.1, 0.15) is 23.7 Å². The Morgan fingerprint density at radius 1 is 1.55 bits per heavy atom. The maximum absolute atomic E-state index is 6.09. The standard InChI is InChI=1S/C14H18N4OS/c1-2-18-8-7-16-14(18)13(17-15)11-9-20-12-6-4-3-5-10(12)19-11/h3-8,11,13,17H,2,9,15H2,1H3. The number of hydrazine groups is 1. The Morgan fingerprint density at radius 3 is 3.20 bits per heavy atom. The van der Waals surface area contributed by atoms with E-state index in [0.29, 0.717) is 0 Å². The molecule has 20 heavy (non-hydrogen) atoms. The van der Waals surface area contributed by atoms with Gasteiger partial charge >= 0.3 is 0 Å². The highest BCUT2D eigenvalue weighted by Crippen LogP contribution is 2.37. The number of hydrogen-bond donors (Lipinski definition) is 2. The number of imidazole rings is 1. The van der Waals surface area contributed by atoms with Crippen molar-refractivity contribution in [3.63, 3.8) is 0 Å². The monoisotopic (exact) mass is 290 g/mol.